The highest BCUT2D eigenvalue weighted by Gasteiger charge is 2.08. The largest absolute Gasteiger partial charge is 0.310 e. The summed E-state index contributed by atoms with van der Waals surface area (Å²) in [6.07, 6.45) is 5.23. The van der Waals surface area contributed by atoms with Gasteiger partial charge in [-0.15, -0.1) is 0 Å². The molecule has 1 aromatic rings. The number of allylic oxidation sites excluding steroid dienone is 1. The number of halogens is 2. The van der Waals surface area contributed by atoms with Crippen molar-refractivity contribution in [1.82, 2.24) is 5.32 Å². The van der Waals surface area contributed by atoms with Gasteiger partial charge >= 0.3 is 0 Å². The fourth-order valence-electron chi connectivity index (χ4n) is 1.51. The first-order chi connectivity index (χ1) is 7.65. The van der Waals surface area contributed by atoms with Crippen LogP contribution in [0.25, 0.3) is 0 Å². The van der Waals surface area contributed by atoms with Crippen LogP contribution in [-0.2, 0) is 0 Å². The molecule has 0 heterocycles. The summed E-state index contributed by atoms with van der Waals surface area (Å²) in [6, 6.07) is 5.86. The lowest BCUT2D eigenvalue weighted by Gasteiger charge is -2.15. The lowest BCUT2D eigenvalue weighted by Crippen LogP contribution is -2.19. The van der Waals surface area contributed by atoms with Crippen molar-refractivity contribution >= 4 is 23.2 Å². The van der Waals surface area contributed by atoms with Crippen LogP contribution in [0, 0.1) is 0 Å². The molecule has 1 aromatic carbocycles. The van der Waals surface area contributed by atoms with E-state index in [1.165, 1.54) is 0 Å². The van der Waals surface area contributed by atoms with Crippen LogP contribution in [-0.4, -0.2) is 6.54 Å². The molecule has 88 valence electrons. The van der Waals surface area contributed by atoms with Crippen LogP contribution in [0.2, 0.25) is 10.0 Å². The summed E-state index contributed by atoms with van der Waals surface area (Å²) in [5.41, 5.74) is 1.09. The minimum absolute atomic E-state index is 0.245. The molecule has 0 fully saturated rings. The van der Waals surface area contributed by atoms with Crippen molar-refractivity contribution in [3.8, 4) is 0 Å². The normalized spacial score (nSPS) is 13.2. The molecule has 0 aromatic heterocycles. The van der Waals surface area contributed by atoms with Crippen molar-refractivity contribution in [2.24, 2.45) is 0 Å². The van der Waals surface area contributed by atoms with E-state index in [4.69, 9.17) is 23.2 Å². The van der Waals surface area contributed by atoms with Crippen molar-refractivity contribution in [2.45, 2.75) is 26.3 Å². The van der Waals surface area contributed by atoms with Gasteiger partial charge in [0.2, 0.25) is 0 Å². The maximum Gasteiger partial charge on any atom is 0.0468 e. The van der Waals surface area contributed by atoms with Crippen LogP contribution in [0.4, 0.5) is 0 Å². The summed E-state index contributed by atoms with van der Waals surface area (Å²) in [5.74, 6) is 0. The topological polar surface area (TPSA) is 12.0 Å². The smallest absolute Gasteiger partial charge is 0.0468 e. The molecule has 0 aliphatic rings. The maximum atomic E-state index is 6.13. The SMILES string of the molecule is C/C=C/CCNC(C)c1ccc(Cl)cc1Cl. The molecule has 1 unspecified atom stereocenters. The Balaban J connectivity index is 2.55. The average Bonchev–Trinajstić information content (AvgIpc) is 2.24. The van der Waals surface area contributed by atoms with Crippen molar-refractivity contribution in [1.29, 1.82) is 0 Å². The average molecular weight is 258 g/mol. The summed E-state index contributed by atoms with van der Waals surface area (Å²) in [4.78, 5) is 0. The molecule has 0 radical (unpaired) electrons. The molecule has 1 N–H and O–H groups in total. The molecule has 0 saturated carbocycles. The first-order valence-electron chi connectivity index (χ1n) is 5.44. The predicted octanol–water partition coefficient (Wildman–Crippen LogP) is 4.61. The number of rotatable bonds is 5. The van der Waals surface area contributed by atoms with E-state index in [0.29, 0.717) is 5.02 Å². The Morgan fingerprint density at radius 3 is 2.75 bits per heavy atom. The van der Waals surface area contributed by atoms with E-state index in [0.717, 1.165) is 23.6 Å². The predicted molar refractivity (Wildman–Crippen MR) is 72.3 cm³/mol. The molecular weight excluding hydrogens is 241 g/mol. The van der Waals surface area contributed by atoms with Crippen LogP contribution in [0.15, 0.2) is 30.4 Å². The van der Waals surface area contributed by atoms with Crippen molar-refractivity contribution in [3.05, 3.63) is 46.0 Å². The first-order valence-corrected chi connectivity index (χ1v) is 6.20. The molecular formula is C13H17Cl2N. The van der Waals surface area contributed by atoms with E-state index < -0.39 is 0 Å². The summed E-state index contributed by atoms with van der Waals surface area (Å²) in [7, 11) is 0. The monoisotopic (exact) mass is 257 g/mol. The zero-order valence-corrected chi connectivity index (χ0v) is 11.1. The van der Waals surface area contributed by atoms with Crippen molar-refractivity contribution in [2.75, 3.05) is 6.54 Å². The second-order valence-corrected chi connectivity index (χ2v) is 4.54. The Kier molecular flexibility index (Phi) is 5.89. The van der Waals surface area contributed by atoms with Crippen LogP contribution in [0.5, 0.6) is 0 Å². The number of nitrogens with one attached hydrogen (secondary N) is 1. The van der Waals surface area contributed by atoms with Gasteiger partial charge in [-0.25, -0.2) is 0 Å². The van der Waals surface area contributed by atoms with E-state index in [-0.39, 0.29) is 6.04 Å². The van der Waals surface area contributed by atoms with Gasteiger partial charge in [-0.3, -0.25) is 0 Å². The van der Waals surface area contributed by atoms with E-state index in [1.807, 2.05) is 19.1 Å². The van der Waals surface area contributed by atoms with Gasteiger partial charge in [0.05, 0.1) is 0 Å². The molecule has 0 spiro atoms. The summed E-state index contributed by atoms with van der Waals surface area (Å²) in [6.45, 7) is 5.08. The fourth-order valence-corrected chi connectivity index (χ4v) is 2.08. The zero-order chi connectivity index (χ0) is 12.0. The van der Waals surface area contributed by atoms with Gasteiger partial charge < -0.3 is 5.32 Å². The van der Waals surface area contributed by atoms with Gasteiger partial charge in [-0.05, 0) is 44.5 Å². The molecule has 1 nitrogen and oxygen atoms in total. The van der Waals surface area contributed by atoms with Crippen LogP contribution in [0.3, 0.4) is 0 Å². The third kappa shape index (κ3) is 4.17. The molecule has 0 aliphatic carbocycles. The first kappa shape index (κ1) is 13.6. The Bertz CT molecular complexity index is 361. The molecule has 0 saturated heterocycles. The van der Waals surface area contributed by atoms with Gasteiger partial charge in [0.1, 0.15) is 0 Å². The van der Waals surface area contributed by atoms with Gasteiger partial charge in [-0.1, -0.05) is 41.4 Å². The Hall–Kier alpha value is -0.500. The molecule has 0 amide bonds. The highest BCUT2D eigenvalue weighted by molar-refractivity contribution is 6.35. The number of hydrogen-bond donors (Lipinski definition) is 1. The van der Waals surface area contributed by atoms with E-state index >= 15 is 0 Å². The Morgan fingerprint density at radius 2 is 2.12 bits per heavy atom. The molecule has 16 heavy (non-hydrogen) atoms. The second-order valence-electron chi connectivity index (χ2n) is 3.70. The second kappa shape index (κ2) is 6.95. The van der Waals surface area contributed by atoms with Gasteiger partial charge in [0.15, 0.2) is 0 Å². The molecule has 0 bridgehead atoms. The van der Waals surface area contributed by atoms with Crippen LogP contribution < -0.4 is 5.32 Å². The minimum atomic E-state index is 0.245. The zero-order valence-electron chi connectivity index (χ0n) is 9.63. The summed E-state index contributed by atoms with van der Waals surface area (Å²) < 4.78 is 0. The third-order valence-electron chi connectivity index (χ3n) is 2.43. The highest BCUT2D eigenvalue weighted by atomic mass is 35.5. The maximum absolute atomic E-state index is 6.13. The minimum Gasteiger partial charge on any atom is -0.310 e. The van der Waals surface area contributed by atoms with Gasteiger partial charge in [0.25, 0.3) is 0 Å². The molecule has 1 rings (SSSR count). The molecule has 3 heteroatoms. The third-order valence-corrected chi connectivity index (χ3v) is 2.99. The molecule has 1 atom stereocenters. The van der Waals surface area contributed by atoms with E-state index in [2.05, 4.69) is 24.4 Å². The lowest BCUT2D eigenvalue weighted by atomic mass is 10.1. The quantitative estimate of drug-likeness (QED) is 0.600. The summed E-state index contributed by atoms with van der Waals surface area (Å²) in [5, 5.41) is 4.81. The number of benzene rings is 1. The van der Waals surface area contributed by atoms with Crippen LogP contribution >= 0.6 is 23.2 Å². The van der Waals surface area contributed by atoms with Crippen molar-refractivity contribution in [3.63, 3.8) is 0 Å². The van der Waals surface area contributed by atoms with Crippen LogP contribution in [0.1, 0.15) is 31.9 Å². The van der Waals surface area contributed by atoms with E-state index in [9.17, 15) is 0 Å². The summed E-state index contributed by atoms with van der Waals surface area (Å²) >= 11 is 12.0. The standard InChI is InChI=1S/C13H17Cl2N/c1-3-4-5-8-16-10(2)12-7-6-11(14)9-13(12)15/h3-4,6-7,9-10,16H,5,8H2,1-2H3/b4-3+. The Labute approximate surface area is 107 Å². The molecule has 0 aliphatic heterocycles. The van der Waals surface area contributed by atoms with E-state index in [1.54, 1.807) is 6.07 Å². The number of hydrogen-bond acceptors (Lipinski definition) is 1. The van der Waals surface area contributed by atoms with Gasteiger partial charge in [-0.2, -0.15) is 0 Å². The highest BCUT2D eigenvalue weighted by Crippen LogP contribution is 2.25. The van der Waals surface area contributed by atoms with Gasteiger partial charge in [0, 0.05) is 16.1 Å². The Morgan fingerprint density at radius 1 is 1.38 bits per heavy atom. The fraction of sp³-hybridized carbons (Fsp3) is 0.385. The lowest BCUT2D eigenvalue weighted by molar-refractivity contribution is 0.581. The van der Waals surface area contributed by atoms with Crippen molar-refractivity contribution < 1.29 is 0 Å².